The molecule has 0 saturated carbocycles. The van der Waals surface area contributed by atoms with E-state index in [0.717, 1.165) is 43.3 Å². The lowest BCUT2D eigenvalue weighted by Gasteiger charge is -2.38. The van der Waals surface area contributed by atoms with Crippen LogP contribution >= 0.6 is 0 Å². The molecule has 1 heterocycles. The molecule has 138 valence electrons. The van der Waals surface area contributed by atoms with Crippen LogP contribution in [0.25, 0.3) is 0 Å². The van der Waals surface area contributed by atoms with Gasteiger partial charge >= 0.3 is 0 Å². The van der Waals surface area contributed by atoms with Crippen LogP contribution in [0.3, 0.4) is 0 Å². The number of aryl methyl sites for hydroxylation is 1. The molecule has 1 fully saturated rings. The molecule has 0 bridgehead atoms. The lowest BCUT2D eigenvalue weighted by molar-refractivity contribution is -0.120. The van der Waals surface area contributed by atoms with Crippen molar-refractivity contribution in [1.82, 2.24) is 4.90 Å². The first-order valence-electron chi connectivity index (χ1n) is 9.08. The summed E-state index contributed by atoms with van der Waals surface area (Å²) in [5, 5.41) is 3.01. The molecule has 5 heteroatoms. The summed E-state index contributed by atoms with van der Waals surface area (Å²) in [7, 11) is 1.70. The molecule has 1 N–H and O–H groups in total. The van der Waals surface area contributed by atoms with Crippen molar-refractivity contribution in [3.63, 3.8) is 0 Å². The predicted octanol–water partition coefficient (Wildman–Crippen LogP) is 3.15. The highest BCUT2D eigenvalue weighted by molar-refractivity contribution is 5.94. The largest absolute Gasteiger partial charge is 0.495 e. The summed E-state index contributed by atoms with van der Waals surface area (Å²) in [6, 6.07) is 15.8. The number of anilines is 2. The number of hydrogen-bond acceptors (Lipinski definition) is 4. The number of hydrogen-bond donors (Lipinski definition) is 1. The summed E-state index contributed by atoms with van der Waals surface area (Å²) < 4.78 is 5.47. The third-order valence-electron chi connectivity index (χ3n) is 4.99. The zero-order valence-electron chi connectivity index (χ0n) is 15.7. The number of para-hydroxylation sites is 2. The first-order valence-corrected chi connectivity index (χ1v) is 9.08. The van der Waals surface area contributed by atoms with Crippen molar-refractivity contribution in [3.05, 3.63) is 54.1 Å². The van der Waals surface area contributed by atoms with Gasteiger partial charge in [-0.1, -0.05) is 29.8 Å². The number of piperazine rings is 1. The van der Waals surface area contributed by atoms with Gasteiger partial charge in [-0.05, 0) is 38.1 Å². The van der Waals surface area contributed by atoms with E-state index in [-0.39, 0.29) is 11.9 Å². The molecule has 2 aromatic carbocycles. The van der Waals surface area contributed by atoms with Crippen LogP contribution in [0.4, 0.5) is 11.4 Å². The number of rotatable bonds is 5. The Balaban J connectivity index is 1.57. The van der Waals surface area contributed by atoms with Crippen molar-refractivity contribution < 1.29 is 9.53 Å². The number of carbonyl (C=O) groups excluding carboxylic acids is 1. The van der Waals surface area contributed by atoms with Gasteiger partial charge in [0, 0.05) is 31.9 Å². The van der Waals surface area contributed by atoms with Gasteiger partial charge in [0.15, 0.2) is 0 Å². The van der Waals surface area contributed by atoms with Gasteiger partial charge in [-0.3, -0.25) is 9.69 Å². The fourth-order valence-corrected chi connectivity index (χ4v) is 3.29. The van der Waals surface area contributed by atoms with Crippen molar-refractivity contribution >= 4 is 17.3 Å². The van der Waals surface area contributed by atoms with Gasteiger partial charge in [0.05, 0.1) is 18.8 Å². The Morgan fingerprint density at radius 3 is 2.35 bits per heavy atom. The third-order valence-corrected chi connectivity index (χ3v) is 4.99. The number of carbonyl (C=O) groups is 1. The van der Waals surface area contributed by atoms with E-state index >= 15 is 0 Å². The second-order valence-corrected chi connectivity index (χ2v) is 6.73. The fourth-order valence-electron chi connectivity index (χ4n) is 3.29. The van der Waals surface area contributed by atoms with E-state index in [4.69, 9.17) is 4.74 Å². The van der Waals surface area contributed by atoms with Crippen LogP contribution in [0.5, 0.6) is 5.75 Å². The molecule has 1 amide bonds. The maximum Gasteiger partial charge on any atom is 0.241 e. The van der Waals surface area contributed by atoms with E-state index in [0.29, 0.717) is 0 Å². The minimum absolute atomic E-state index is 0.0413. The van der Waals surface area contributed by atoms with Gasteiger partial charge in [0.1, 0.15) is 5.75 Å². The molecule has 0 radical (unpaired) electrons. The summed E-state index contributed by atoms with van der Waals surface area (Å²) in [4.78, 5) is 17.1. The van der Waals surface area contributed by atoms with Crippen molar-refractivity contribution in [2.45, 2.75) is 19.9 Å². The second-order valence-electron chi connectivity index (χ2n) is 6.73. The van der Waals surface area contributed by atoms with Gasteiger partial charge in [0.25, 0.3) is 0 Å². The smallest absolute Gasteiger partial charge is 0.241 e. The maximum absolute atomic E-state index is 12.6. The third kappa shape index (κ3) is 4.17. The standard InChI is InChI=1S/C21H27N3O2/c1-16-8-10-18(11-9-16)22-21(25)17(2)23-12-14-24(15-13-23)19-6-4-5-7-20(19)26-3/h4-11,17H,12-15H2,1-3H3,(H,22,25)/t17-/m1/s1. The van der Waals surface area contributed by atoms with Crippen LogP contribution in [0.2, 0.25) is 0 Å². The van der Waals surface area contributed by atoms with E-state index in [1.807, 2.05) is 56.3 Å². The SMILES string of the molecule is COc1ccccc1N1CCN([C@H](C)C(=O)Nc2ccc(C)cc2)CC1. The highest BCUT2D eigenvalue weighted by atomic mass is 16.5. The average Bonchev–Trinajstić information content (AvgIpc) is 2.69. The monoisotopic (exact) mass is 353 g/mol. The van der Waals surface area contributed by atoms with E-state index < -0.39 is 0 Å². The average molecular weight is 353 g/mol. The molecule has 1 aliphatic heterocycles. The predicted molar refractivity (Wildman–Crippen MR) is 106 cm³/mol. The van der Waals surface area contributed by atoms with Crippen LogP contribution in [0, 0.1) is 6.92 Å². The molecule has 1 atom stereocenters. The molecule has 0 aliphatic carbocycles. The van der Waals surface area contributed by atoms with Crippen molar-refractivity contribution in [2.24, 2.45) is 0 Å². The van der Waals surface area contributed by atoms with Gasteiger partial charge in [-0.15, -0.1) is 0 Å². The highest BCUT2D eigenvalue weighted by Crippen LogP contribution is 2.28. The fraction of sp³-hybridized carbons (Fsp3) is 0.381. The first-order chi connectivity index (χ1) is 12.6. The van der Waals surface area contributed by atoms with Gasteiger partial charge in [-0.2, -0.15) is 0 Å². The number of benzene rings is 2. The van der Waals surface area contributed by atoms with Gasteiger partial charge in [0.2, 0.25) is 5.91 Å². The molecular formula is C21H27N3O2. The quantitative estimate of drug-likeness (QED) is 0.897. The number of nitrogens with zero attached hydrogens (tertiary/aromatic N) is 2. The van der Waals surface area contributed by atoms with Crippen LogP contribution in [-0.4, -0.2) is 50.1 Å². The molecular weight excluding hydrogens is 326 g/mol. The van der Waals surface area contributed by atoms with Gasteiger partial charge in [-0.25, -0.2) is 0 Å². The molecule has 0 aromatic heterocycles. The highest BCUT2D eigenvalue weighted by Gasteiger charge is 2.26. The summed E-state index contributed by atoms with van der Waals surface area (Å²) in [5.41, 5.74) is 3.15. The zero-order valence-corrected chi connectivity index (χ0v) is 15.7. The molecule has 1 saturated heterocycles. The number of methoxy groups -OCH3 is 1. The minimum atomic E-state index is -0.156. The number of ether oxygens (including phenoxy) is 1. The summed E-state index contributed by atoms with van der Waals surface area (Å²) >= 11 is 0. The lowest BCUT2D eigenvalue weighted by atomic mass is 10.1. The van der Waals surface area contributed by atoms with Gasteiger partial charge < -0.3 is 15.0 Å². The lowest BCUT2D eigenvalue weighted by Crippen LogP contribution is -2.52. The topological polar surface area (TPSA) is 44.8 Å². The zero-order chi connectivity index (χ0) is 18.5. The minimum Gasteiger partial charge on any atom is -0.495 e. The Kier molecular flexibility index (Phi) is 5.78. The summed E-state index contributed by atoms with van der Waals surface area (Å²) in [6.45, 7) is 7.46. The summed E-state index contributed by atoms with van der Waals surface area (Å²) in [6.07, 6.45) is 0. The molecule has 1 aliphatic rings. The van der Waals surface area contributed by atoms with E-state index in [1.165, 1.54) is 5.56 Å². The Bertz CT molecular complexity index is 737. The molecule has 0 spiro atoms. The Labute approximate surface area is 155 Å². The van der Waals surface area contributed by atoms with Crippen LogP contribution in [-0.2, 0) is 4.79 Å². The second kappa shape index (κ2) is 8.23. The Morgan fingerprint density at radius 1 is 1.04 bits per heavy atom. The van der Waals surface area contributed by atoms with E-state index in [2.05, 4.69) is 21.2 Å². The summed E-state index contributed by atoms with van der Waals surface area (Å²) in [5.74, 6) is 0.936. The first kappa shape index (κ1) is 18.3. The van der Waals surface area contributed by atoms with Crippen LogP contribution < -0.4 is 15.0 Å². The molecule has 2 aromatic rings. The molecule has 5 nitrogen and oxygen atoms in total. The maximum atomic E-state index is 12.6. The van der Waals surface area contributed by atoms with Crippen molar-refractivity contribution in [1.29, 1.82) is 0 Å². The molecule has 3 rings (SSSR count). The Hall–Kier alpha value is -2.53. The molecule has 0 unspecified atom stereocenters. The van der Waals surface area contributed by atoms with Crippen LogP contribution in [0.15, 0.2) is 48.5 Å². The Morgan fingerprint density at radius 2 is 1.69 bits per heavy atom. The number of amides is 1. The van der Waals surface area contributed by atoms with Crippen molar-refractivity contribution in [2.75, 3.05) is 43.5 Å². The van der Waals surface area contributed by atoms with Crippen LogP contribution in [0.1, 0.15) is 12.5 Å². The van der Waals surface area contributed by atoms with E-state index in [1.54, 1.807) is 7.11 Å². The normalized spacial score (nSPS) is 16.2. The van der Waals surface area contributed by atoms with Crippen molar-refractivity contribution in [3.8, 4) is 5.75 Å². The molecule has 26 heavy (non-hydrogen) atoms. The van der Waals surface area contributed by atoms with E-state index in [9.17, 15) is 4.79 Å². The number of nitrogens with one attached hydrogen (secondary N) is 1.